The van der Waals surface area contributed by atoms with E-state index in [0.717, 1.165) is 13.8 Å². The van der Waals surface area contributed by atoms with Gasteiger partial charge in [0.25, 0.3) is 5.91 Å². The van der Waals surface area contributed by atoms with Crippen LogP contribution < -0.4 is 5.32 Å². The van der Waals surface area contributed by atoms with Gasteiger partial charge < -0.3 is 44.7 Å². The fourth-order valence-corrected chi connectivity index (χ4v) is 9.30. The number of carbonyl (C=O) groups excluding carboxylic acids is 5. The zero-order chi connectivity index (χ0) is 39.5. The first-order valence-electron chi connectivity index (χ1n) is 17.9. The summed E-state index contributed by atoms with van der Waals surface area (Å²) in [6, 6.07) is 15.2. The number of aliphatic hydroxyl groups is 4. The van der Waals surface area contributed by atoms with Gasteiger partial charge in [0.15, 0.2) is 23.6 Å². The number of nitrogens with one attached hydrogen (secondary N) is 1. The number of aliphatic hydroxyl groups excluding tert-OH is 3. The van der Waals surface area contributed by atoms with Crippen LogP contribution in [0.4, 0.5) is 0 Å². The Kier molecular flexibility index (Phi) is 10.2. The predicted molar refractivity (Wildman–Crippen MR) is 188 cm³/mol. The summed E-state index contributed by atoms with van der Waals surface area (Å²) in [6.07, 6.45) is -10.2. The Morgan fingerprint density at radius 1 is 0.926 bits per heavy atom. The Morgan fingerprint density at radius 3 is 2.09 bits per heavy atom. The van der Waals surface area contributed by atoms with Gasteiger partial charge in [-0.25, -0.2) is 4.79 Å². The number of carbonyl (C=O) groups is 5. The third-order valence-electron chi connectivity index (χ3n) is 12.3. The SMILES string of the molecule is CC(=O)O[C@H]1C(=O)[C@@]2(C)[C@H]([C@H](O)[C@]3(O)C[C@H](OC(=O)[C@H](O)[C@@H](NC(=O)c4ccccc4)c4ccccc4)C(C)=C1C3(C)C)[C@]1(OC(C)=O)CO[C@@H]1C[C@@H]2O. The highest BCUT2D eigenvalue weighted by Crippen LogP contribution is 2.63. The third-order valence-corrected chi connectivity index (χ3v) is 12.3. The van der Waals surface area contributed by atoms with E-state index in [0.29, 0.717) is 5.56 Å². The zero-order valence-corrected chi connectivity index (χ0v) is 31.0. The number of ether oxygens (including phenoxy) is 4. The number of Topliss-reactive ketones (excluding diaryl/α,β-unsaturated/α-hetero) is 1. The summed E-state index contributed by atoms with van der Waals surface area (Å²) in [4.78, 5) is 67.4. The second-order valence-electron chi connectivity index (χ2n) is 15.6. The van der Waals surface area contributed by atoms with Crippen LogP contribution >= 0.6 is 0 Å². The molecule has 3 fully saturated rings. The van der Waals surface area contributed by atoms with Crippen LogP contribution in [-0.4, -0.2) is 104 Å². The van der Waals surface area contributed by atoms with Crippen molar-refractivity contribution < 1.29 is 63.3 Å². The number of esters is 3. The molecule has 2 aromatic rings. The smallest absolute Gasteiger partial charge is 0.338 e. The average Bonchev–Trinajstić information content (AvgIpc) is 3.12. The first-order chi connectivity index (χ1) is 25.3. The maximum Gasteiger partial charge on any atom is 0.338 e. The molecule has 14 nitrogen and oxygen atoms in total. The first kappa shape index (κ1) is 39.2. The van der Waals surface area contributed by atoms with Crippen LogP contribution in [0.2, 0.25) is 0 Å². The van der Waals surface area contributed by atoms with E-state index in [2.05, 4.69) is 5.32 Å². The molecule has 0 aromatic heterocycles. The number of hydrogen-bond acceptors (Lipinski definition) is 13. The van der Waals surface area contributed by atoms with Gasteiger partial charge >= 0.3 is 17.9 Å². The van der Waals surface area contributed by atoms with Gasteiger partial charge in [-0.2, -0.15) is 0 Å². The number of hydrogen-bond donors (Lipinski definition) is 5. The van der Waals surface area contributed by atoms with Crippen molar-refractivity contribution in [2.24, 2.45) is 16.7 Å². The molecule has 1 amide bonds. The molecule has 2 bridgehead atoms. The van der Waals surface area contributed by atoms with Crippen LogP contribution in [0.25, 0.3) is 0 Å². The number of rotatable bonds is 8. The molecule has 3 aliphatic carbocycles. The van der Waals surface area contributed by atoms with E-state index < -0.39 is 107 Å². The maximum absolute atomic E-state index is 15.0. The molecule has 54 heavy (non-hydrogen) atoms. The van der Waals surface area contributed by atoms with E-state index in [1.807, 2.05) is 0 Å². The van der Waals surface area contributed by atoms with Gasteiger partial charge in [0.1, 0.15) is 17.8 Å². The minimum absolute atomic E-state index is 0.0279. The van der Waals surface area contributed by atoms with Gasteiger partial charge in [0.05, 0.1) is 30.3 Å². The van der Waals surface area contributed by atoms with Gasteiger partial charge in [0.2, 0.25) is 0 Å². The molecule has 2 aromatic carbocycles. The molecule has 14 heteroatoms. The van der Waals surface area contributed by atoms with E-state index in [-0.39, 0.29) is 29.7 Å². The van der Waals surface area contributed by atoms with Gasteiger partial charge in [-0.3, -0.25) is 19.2 Å². The molecule has 2 saturated carbocycles. The standard InChI is InChI=1S/C40H47NO13/c1-20-25(53-36(49)30(45)29(23-13-9-7-10-14-23)41-35(48)24-15-11-8-12-16-24)18-40(50)34(47)32-38(6,26(44)17-27-39(32,19-51-27)54-22(3)43)33(46)31(52-21(2)42)28(20)37(40,4)5/h7-16,25-27,29-32,34,44-45,47,50H,17-19H2,1-6H3,(H,41,48)/t25-,26-,27+,29-,30+,31+,32-,34-,38+,39-,40+/m0/s1. The molecule has 290 valence electrons. The summed E-state index contributed by atoms with van der Waals surface area (Å²) < 4.78 is 23.2. The van der Waals surface area contributed by atoms with Crippen molar-refractivity contribution in [2.45, 2.75) is 108 Å². The molecule has 0 spiro atoms. The highest BCUT2D eigenvalue weighted by Gasteiger charge is 2.77. The van der Waals surface area contributed by atoms with Crippen LogP contribution in [0.15, 0.2) is 71.8 Å². The Labute approximate surface area is 312 Å². The lowest BCUT2D eigenvalue weighted by Gasteiger charge is -2.67. The van der Waals surface area contributed by atoms with Crippen LogP contribution in [0.1, 0.15) is 76.3 Å². The molecule has 11 atom stereocenters. The summed E-state index contributed by atoms with van der Waals surface area (Å²) >= 11 is 0. The van der Waals surface area contributed by atoms with Gasteiger partial charge in [0, 0.05) is 43.6 Å². The summed E-state index contributed by atoms with van der Waals surface area (Å²) in [6.45, 7) is 7.99. The zero-order valence-electron chi connectivity index (χ0n) is 31.0. The third kappa shape index (κ3) is 6.04. The number of benzene rings is 2. The molecule has 0 unspecified atom stereocenters. The van der Waals surface area contributed by atoms with Crippen molar-refractivity contribution in [3.8, 4) is 0 Å². The topological polar surface area (TPSA) is 215 Å². The quantitative estimate of drug-likeness (QED) is 0.148. The molecule has 6 rings (SSSR count). The fraction of sp³-hybridized carbons (Fsp3) is 0.525. The molecular formula is C40H47NO13. The lowest BCUT2D eigenvalue weighted by molar-refractivity contribution is -0.346. The summed E-state index contributed by atoms with van der Waals surface area (Å²) in [5.74, 6) is -5.71. The van der Waals surface area contributed by atoms with E-state index >= 15 is 0 Å². The first-order valence-corrected chi connectivity index (χ1v) is 17.9. The van der Waals surface area contributed by atoms with E-state index in [9.17, 15) is 44.4 Å². The molecule has 4 aliphatic rings. The lowest BCUT2D eigenvalue weighted by atomic mass is 9.44. The Balaban J connectivity index is 1.44. The summed E-state index contributed by atoms with van der Waals surface area (Å²) in [7, 11) is 0. The lowest BCUT2D eigenvalue weighted by Crippen LogP contribution is -2.81. The maximum atomic E-state index is 15.0. The van der Waals surface area contributed by atoms with E-state index in [1.54, 1.807) is 74.5 Å². The predicted octanol–water partition coefficient (Wildman–Crippen LogP) is 1.87. The van der Waals surface area contributed by atoms with Crippen molar-refractivity contribution in [2.75, 3.05) is 6.61 Å². The van der Waals surface area contributed by atoms with Crippen molar-refractivity contribution in [1.82, 2.24) is 5.32 Å². The van der Waals surface area contributed by atoms with Gasteiger partial charge in [-0.15, -0.1) is 0 Å². The fourth-order valence-electron chi connectivity index (χ4n) is 9.30. The van der Waals surface area contributed by atoms with E-state index in [1.165, 1.54) is 13.8 Å². The molecule has 1 heterocycles. The van der Waals surface area contributed by atoms with Crippen LogP contribution in [0, 0.1) is 16.7 Å². The number of amides is 1. The average molecular weight is 750 g/mol. The Morgan fingerprint density at radius 2 is 1.54 bits per heavy atom. The van der Waals surface area contributed by atoms with Crippen molar-refractivity contribution >= 4 is 29.6 Å². The summed E-state index contributed by atoms with van der Waals surface area (Å²) in [5.41, 5.74) is -6.62. The van der Waals surface area contributed by atoms with E-state index in [4.69, 9.17) is 18.9 Å². The largest absolute Gasteiger partial charge is 0.456 e. The second kappa shape index (κ2) is 14.0. The van der Waals surface area contributed by atoms with Crippen molar-refractivity contribution in [3.05, 3.63) is 82.9 Å². The van der Waals surface area contributed by atoms with Crippen LogP contribution in [0.3, 0.4) is 0 Å². The second-order valence-corrected chi connectivity index (χ2v) is 15.6. The van der Waals surface area contributed by atoms with Gasteiger partial charge in [-0.1, -0.05) is 62.4 Å². The Bertz CT molecular complexity index is 1860. The molecule has 1 aliphatic heterocycles. The van der Waals surface area contributed by atoms with Crippen molar-refractivity contribution in [1.29, 1.82) is 0 Å². The minimum Gasteiger partial charge on any atom is -0.456 e. The number of fused-ring (bicyclic) bond motifs is 5. The van der Waals surface area contributed by atoms with Crippen molar-refractivity contribution in [3.63, 3.8) is 0 Å². The molecule has 5 N–H and O–H groups in total. The van der Waals surface area contributed by atoms with Gasteiger partial charge in [-0.05, 0) is 42.7 Å². The monoisotopic (exact) mass is 749 g/mol. The highest BCUT2D eigenvalue weighted by atomic mass is 16.6. The minimum atomic E-state index is -2.31. The highest BCUT2D eigenvalue weighted by molar-refractivity contribution is 5.96. The molecule has 1 saturated heterocycles. The molecular weight excluding hydrogens is 702 g/mol. The summed E-state index contributed by atoms with van der Waals surface area (Å²) in [5, 5.41) is 51.4. The van der Waals surface area contributed by atoms with Crippen LogP contribution in [0.5, 0.6) is 0 Å². The Hall–Kier alpha value is -4.47. The molecule has 0 radical (unpaired) electrons. The van der Waals surface area contributed by atoms with Crippen LogP contribution in [-0.2, 0) is 38.1 Å². The number of ketones is 1. The normalized spacial score (nSPS) is 35.0.